The van der Waals surface area contributed by atoms with Gasteiger partial charge in [0.15, 0.2) is 0 Å². The number of carbonyl (C=O) groups excluding carboxylic acids is 1. The Morgan fingerprint density at radius 3 is 2.26 bits per heavy atom. The molecule has 0 heterocycles. The minimum absolute atomic E-state index is 0.341. The molecule has 0 N–H and O–H groups in total. The number of carbonyl (C=O) groups is 1. The van der Waals surface area contributed by atoms with Gasteiger partial charge in [-0.2, -0.15) is 0 Å². The van der Waals surface area contributed by atoms with Gasteiger partial charge >= 0.3 is 5.97 Å². The molecule has 0 aliphatic carbocycles. The maximum absolute atomic E-state index is 14.6. The fourth-order valence-electron chi connectivity index (χ4n) is 3.00. The summed E-state index contributed by atoms with van der Waals surface area (Å²) in [6, 6.07) is 9.42. The molecule has 6 heteroatoms. The van der Waals surface area contributed by atoms with Crippen LogP contribution in [-0.4, -0.2) is 40.0 Å². The molecular formula is C21H25FO5. The molecule has 27 heavy (non-hydrogen) atoms. The lowest BCUT2D eigenvalue weighted by Gasteiger charge is -2.33. The minimum atomic E-state index is -0.729. The second kappa shape index (κ2) is 8.50. The predicted octanol–water partition coefficient (Wildman–Crippen LogP) is 4.40. The average molecular weight is 376 g/mol. The molecule has 0 saturated heterocycles. The third kappa shape index (κ3) is 4.28. The molecule has 0 unspecified atom stereocenters. The molecule has 0 aliphatic rings. The highest BCUT2D eigenvalue weighted by Crippen LogP contribution is 2.39. The van der Waals surface area contributed by atoms with Crippen molar-refractivity contribution >= 4 is 5.97 Å². The Labute approximate surface area is 159 Å². The maximum atomic E-state index is 14.6. The smallest absolute Gasteiger partial charge is 0.337 e. The Morgan fingerprint density at radius 2 is 1.70 bits per heavy atom. The standard InChI is InChI=1S/C21H25FO5/c1-21(2,27-6)19(25-4)17-11-13(20(23)26-5)7-9-15(17)16-12-14(24-3)8-10-18(16)22/h7-12,19H,1-6H3/t19-/m1/s1. The van der Waals surface area contributed by atoms with Crippen molar-refractivity contribution in [1.29, 1.82) is 0 Å². The van der Waals surface area contributed by atoms with Crippen molar-refractivity contribution in [1.82, 2.24) is 0 Å². The van der Waals surface area contributed by atoms with Crippen LogP contribution in [0.5, 0.6) is 5.75 Å². The van der Waals surface area contributed by atoms with E-state index in [0.717, 1.165) is 0 Å². The molecule has 0 spiro atoms. The third-order valence-electron chi connectivity index (χ3n) is 4.61. The van der Waals surface area contributed by atoms with E-state index in [9.17, 15) is 9.18 Å². The summed E-state index contributed by atoms with van der Waals surface area (Å²) in [7, 11) is 5.94. The molecule has 0 saturated carbocycles. The monoisotopic (exact) mass is 376 g/mol. The molecule has 0 aliphatic heterocycles. The van der Waals surface area contributed by atoms with Crippen LogP contribution < -0.4 is 4.74 Å². The van der Waals surface area contributed by atoms with Crippen molar-refractivity contribution in [2.24, 2.45) is 0 Å². The van der Waals surface area contributed by atoms with Crippen LogP contribution in [-0.2, 0) is 14.2 Å². The molecular weight excluding hydrogens is 351 g/mol. The van der Waals surface area contributed by atoms with E-state index in [0.29, 0.717) is 28.0 Å². The van der Waals surface area contributed by atoms with Gasteiger partial charge in [-0.15, -0.1) is 0 Å². The van der Waals surface area contributed by atoms with E-state index >= 15 is 0 Å². The van der Waals surface area contributed by atoms with E-state index in [4.69, 9.17) is 18.9 Å². The number of rotatable bonds is 7. The van der Waals surface area contributed by atoms with Crippen LogP contribution >= 0.6 is 0 Å². The van der Waals surface area contributed by atoms with Crippen molar-refractivity contribution in [3.05, 3.63) is 53.3 Å². The summed E-state index contributed by atoms with van der Waals surface area (Å²) >= 11 is 0. The SMILES string of the molecule is COC(=O)c1ccc(-c2cc(OC)ccc2F)c([C@@H](OC)C(C)(C)OC)c1. The van der Waals surface area contributed by atoms with Gasteiger partial charge in [-0.1, -0.05) is 6.07 Å². The van der Waals surface area contributed by atoms with Crippen molar-refractivity contribution in [2.75, 3.05) is 28.4 Å². The summed E-state index contributed by atoms with van der Waals surface area (Å²) in [5.74, 6) is -0.374. The molecule has 0 fully saturated rings. The van der Waals surface area contributed by atoms with Gasteiger partial charge in [0.2, 0.25) is 0 Å². The third-order valence-corrected chi connectivity index (χ3v) is 4.61. The highest BCUT2D eigenvalue weighted by Gasteiger charge is 2.33. The summed E-state index contributed by atoms with van der Waals surface area (Å²) in [4.78, 5) is 12.0. The van der Waals surface area contributed by atoms with E-state index in [-0.39, 0.29) is 0 Å². The van der Waals surface area contributed by atoms with E-state index < -0.39 is 23.5 Å². The van der Waals surface area contributed by atoms with Crippen molar-refractivity contribution in [2.45, 2.75) is 25.6 Å². The molecule has 2 aromatic carbocycles. The summed E-state index contributed by atoms with van der Waals surface area (Å²) in [5.41, 5.74) is 1.15. The van der Waals surface area contributed by atoms with Gasteiger partial charge in [0.25, 0.3) is 0 Å². The van der Waals surface area contributed by atoms with Crippen LogP contribution in [0.3, 0.4) is 0 Å². The Hall–Kier alpha value is -2.44. The van der Waals surface area contributed by atoms with Gasteiger partial charge in [0.05, 0.1) is 25.4 Å². The van der Waals surface area contributed by atoms with Crippen molar-refractivity contribution in [3.8, 4) is 16.9 Å². The Balaban J connectivity index is 2.76. The molecule has 2 aromatic rings. The van der Waals surface area contributed by atoms with Crippen LogP contribution in [0.4, 0.5) is 4.39 Å². The number of ether oxygens (including phenoxy) is 4. The molecule has 146 valence electrons. The molecule has 2 rings (SSSR count). The zero-order chi connectivity index (χ0) is 20.2. The minimum Gasteiger partial charge on any atom is -0.497 e. The van der Waals surface area contributed by atoms with E-state index in [1.807, 2.05) is 13.8 Å². The van der Waals surface area contributed by atoms with Crippen LogP contribution in [0.2, 0.25) is 0 Å². The number of hydrogen-bond acceptors (Lipinski definition) is 5. The van der Waals surface area contributed by atoms with Crippen molar-refractivity contribution < 1.29 is 28.1 Å². The summed E-state index contributed by atoms with van der Waals surface area (Å²) in [6.07, 6.45) is -0.562. The van der Waals surface area contributed by atoms with Crippen molar-refractivity contribution in [3.63, 3.8) is 0 Å². The van der Waals surface area contributed by atoms with E-state index in [2.05, 4.69) is 0 Å². The van der Waals surface area contributed by atoms with Crippen LogP contribution in [0.15, 0.2) is 36.4 Å². The number of esters is 1. The largest absolute Gasteiger partial charge is 0.497 e. The normalized spacial score (nSPS) is 12.6. The van der Waals surface area contributed by atoms with Gasteiger partial charge in [0.1, 0.15) is 17.7 Å². The summed E-state index contributed by atoms with van der Waals surface area (Å²) in [5, 5.41) is 0. The first kappa shape index (κ1) is 20.9. The van der Waals surface area contributed by atoms with Gasteiger partial charge in [0, 0.05) is 19.8 Å². The van der Waals surface area contributed by atoms with Crippen LogP contribution in [0.25, 0.3) is 11.1 Å². The van der Waals surface area contributed by atoms with Crippen LogP contribution in [0.1, 0.15) is 35.9 Å². The Bertz CT molecular complexity index is 816. The number of hydrogen-bond donors (Lipinski definition) is 0. The lowest BCUT2D eigenvalue weighted by atomic mass is 9.87. The quantitative estimate of drug-likeness (QED) is 0.671. The Kier molecular flexibility index (Phi) is 6.57. The predicted molar refractivity (Wildman–Crippen MR) is 101 cm³/mol. The zero-order valence-electron chi connectivity index (χ0n) is 16.5. The highest BCUT2D eigenvalue weighted by atomic mass is 19.1. The molecule has 0 bridgehead atoms. The number of methoxy groups -OCH3 is 4. The first-order chi connectivity index (χ1) is 12.8. The second-order valence-electron chi connectivity index (χ2n) is 6.56. The second-order valence-corrected chi connectivity index (χ2v) is 6.56. The first-order valence-electron chi connectivity index (χ1n) is 8.43. The Morgan fingerprint density at radius 1 is 1.00 bits per heavy atom. The highest BCUT2D eigenvalue weighted by molar-refractivity contribution is 5.90. The fourth-order valence-corrected chi connectivity index (χ4v) is 3.00. The first-order valence-corrected chi connectivity index (χ1v) is 8.43. The molecule has 0 amide bonds. The van der Waals surface area contributed by atoms with Gasteiger partial charge < -0.3 is 18.9 Å². The topological polar surface area (TPSA) is 54.0 Å². The lowest BCUT2D eigenvalue weighted by molar-refractivity contribution is -0.0967. The summed E-state index contributed by atoms with van der Waals surface area (Å²) < 4.78 is 35.9. The van der Waals surface area contributed by atoms with E-state index in [1.54, 1.807) is 44.6 Å². The van der Waals surface area contributed by atoms with Gasteiger partial charge in [-0.25, -0.2) is 9.18 Å². The van der Waals surface area contributed by atoms with Gasteiger partial charge in [-0.3, -0.25) is 0 Å². The fraction of sp³-hybridized carbons (Fsp3) is 0.381. The van der Waals surface area contributed by atoms with Gasteiger partial charge in [-0.05, 0) is 55.3 Å². The molecule has 0 radical (unpaired) electrons. The molecule has 0 aromatic heterocycles. The van der Waals surface area contributed by atoms with Crippen LogP contribution in [0, 0.1) is 5.82 Å². The number of halogens is 1. The average Bonchev–Trinajstić information content (AvgIpc) is 2.68. The molecule has 1 atom stereocenters. The maximum Gasteiger partial charge on any atom is 0.337 e. The lowest BCUT2D eigenvalue weighted by Crippen LogP contribution is -2.33. The zero-order valence-corrected chi connectivity index (χ0v) is 16.5. The molecule has 5 nitrogen and oxygen atoms in total. The number of benzene rings is 2. The van der Waals surface area contributed by atoms with E-state index in [1.165, 1.54) is 20.3 Å². The summed E-state index contributed by atoms with van der Waals surface area (Å²) in [6.45, 7) is 3.72.